The standard InChI is InChI=1S/C21H27N5O2/c1-4-11-23-20-17-8-7-16(13-18(17)24-21(22-3)25-20)26-12-10-15(14-26)6-9-19(27)28-5-2/h7-8,10,12-14H,4-6,9,11H2,1-3H3,(H2,22,23,24,25). The van der Waals surface area contributed by atoms with Gasteiger partial charge >= 0.3 is 5.97 Å². The third kappa shape index (κ3) is 4.60. The van der Waals surface area contributed by atoms with Crippen molar-refractivity contribution >= 4 is 28.6 Å². The summed E-state index contributed by atoms with van der Waals surface area (Å²) in [4.78, 5) is 20.7. The Balaban J connectivity index is 1.85. The molecule has 0 aliphatic carbocycles. The van der Waals surface area contributed by atoms with Gasteiger partial charge in [0.25, 0.3) is 0 Å². The molecule has 3 aromatic rings. The van der Waals surface area contributed by atoms with E-state index in [1.807, 2.05) is 49.1 Å². The minimum absolute atomic E-state index is 0.163. The first kappa shape index (κ1) is 19.7. The number of benzene rings is 1. The molecular formula is C21H27N5O2. The van der Waals surface area contributed by atoms with E-state index in [9.17, 15) is 4.79 Å². The van der Waals surface area contributed by atoms with Gasteiger partial charge in [-0.05, 0) is 49.6 Å². The topological polar surface area (TPSA) is 81.1 Å². The largest absolute Gasteiger partial charge is 0.466 e. The van der Waals surface area contributed by atoms with Crippen LogP contribution in [0.15, 0.2) is 36.7 Å². The van der Waals surface area contributed by atoms with E-state index in [2.05, 4.69) is 33.6 Å². The van der Waals surface area contributed by atoms with Gasteiger partial charge in [-0.3, -0.25) is 4.79 Å². The van der Waals surface area contributed by atoms with Crippen LogP contribution < -0.4 is 10.6 Å². The van der Waals surface area contributed by atoms with Crippen molar-refractivity contribution in [1.82, 2.24) is 14.5 Å². The molecule has 1 aromatic carbocycles. The van der Waals surface area contributed by atoms with E-state index < -0.39 is 0 Å². The van der Waals surface area contributed by atoms with Crippen molar-refractivity contribution in [2.24, 2.45) is 0 Å². The lowest BCUT2D eigenvalue weighted by molar-refractivity contribution is -0.143. The normalized spacial score (nSPS) is 10.8. The smallest absolute Gasteiger partial charge is 0.306 e. The van der Waals surface area contributed by atoms with Gasteiger partial charge in [0.2, 0.25) is 5.95 Å². The van der Waals surface area contributed by atoms with Crippen LogP contribution in [0, 0.1) is 0 Å². The fourth-order valence-corrected chi connectivity index (χ4v) is 3.00. The van der Waals surface area contributed by atoms with Crippen molar-refractivity contribution in [2.45, 2.75) is 33.1 Å². The van der Waals surface area contributed by atoms with E-state index in [0.29, 0.717) is 25.4 Å². The average molecular weight is 381 g/mol. The van der Waals surface area contributed by atoms with E-state index in [-0.39, 0.29) is 5.97 Å². The van der Waals surface area contributed by atoms with Crippen LogP contribution >= 0.6 is 0 Å². The lowest BCUT2D eigenvalue weighted by Crippen LogP contribution is -2.06. The number of fused-ring (bicyclic) bond motifs is 1. The predicted octanol–water partition coefficient (Wildman–Crippen LogP) is 3.78. The molecule has 0 aliphatic heterocycles. The number of aromatic nitrogens is 3. The lowest BCUT2D eigenvalue weighted by atomic mass is 10.2. The molecule has 0 amide bonds. The minimum Gasteiger partial charge on any atom is -0.466 e. The highest BCUT2D eigenvalue weighted by Crippen LogP contribution is 2.25. The number of carbonyl (C=O) groups excluding carboxylic acids is 1. The molecule has 148 valence electrons. The maximum Gasteiger partial charge on any atom is 0.306 e. The van der Waals surface area contributed by atoms with Gasteiger partial charge in [-0.15, -0.1) is 0 Å². The van der Waals surface area contributed by atoms with Crippen molar-refractivity contribution in [3.05, 3.63) is 42.2 Å². The highest BCUT2D eigenvalue weighted by Gasteiger charge is 2.09. The lowest BCUT2D eigenvalue weighted by Gasteiger charge is -2.11. The molecule has 0 spiro atoms. The van der Waals surface area contributed by atoms with Crippen molar-refractivity contribution in [3.8, 4) is 5.69 Å². The Labute approximate surface area is 165 Å². The van der Waals surface area contributed by atoms with Crippen molar-refractivity contribution in [2.75, 3.05) is 30.8 Å². The molecule has 28 heavy (non-hydrogen) atoms. The van der Waals surface area contributed by atoms with Gasteiger partial charge in [0, 0.05) is 43.5 Å². The summed E-state index contributed by atoms with van der Waals surface area (Å²) in [6.45, 7) is 5.22. The first-order valence-corrected chi connectivity index (χ1v) is 9.70. The summed E-state index contributed by atoms with van der Waals surface area (Å²) in [6.07, 6.45) is 6.11. The Kier molecular flexibility index (Phi) is 6.47. The highest BCUT2D eigenvalue weighted by atomic mass is 16.5. The number of ether oxygens (including phenoxy) is 1. The van der Waals surface area contributed by atoms with Crippen LogP contribution in [0.5, 0.6) is 0 Å². The Bertz CT molecular complexity index is 951. The number of nitrogens with one attached hydrogen (secondary N) is 2. The molecule has 2 N–H and O–H groups in total. The fourth-order valence-electron chi connectivity index (χ4n) is 3.00. The maximum atomic E-state index is 11.6. The van der Waals surface area contributed by atoms with Gasteiger partial charge in [0.05, 0.1) is 12.1 Å². The van der Waals surface area contributed by atoms with Gasteiger partial charge in [-0.1, -0.05) is 6.92 Å². The van der Waals surface area contributed by atoms with Crippen molar-refractivity contribution in [3.63, 3.8) is 0 Å². The molecule has 0 bridgehead atoms. The van der Waals surface area contributed by atoms with Gasteiger partial charge in [-0.2, -0.15) is 4.98 Å². The van der Waals surface area contributed by atoms with E-state index in [1.54, 1.807) is 0 Å². The summed E-state index contributed by atoms with van der Waals surface area (Å²) < 4.78 is 7.03. The molecule has 0 saturated carbocycles. The molecule has 0 unspecified atom stereocenters. The van der Waals surface area contributed by atoms with E-state index in [4.69, 9.17) is 4.74 Å². The predicted molar refractivity (Wildman–Crippen MR) is 112 cm³/mol. The zero-order chi connectivity index (χ0) is 19.9. The molecular weight excluding hydrogens is 354 g/mol. The molecule has 7 nitrogen and oxygen atoms in total. The molecule has 7 heteroatoms. The molecule has 0 fully saturated rings. The van der Waals surface area contributed by atoms with Crippen LogP contribution in [-0.4, -0.2) is 40.7 Å². The summed E-state index contributed by atoms with van der Waals surface area (Å²) >= 11 is 0. The zero-order valence-corrected chi connectivity index (χ0v) is 16.7. The molecule has 0 radical (unpaired) electrons. The van der Waals surface area contributed by atoms with E-state index >= 15 is 0 Å². The van der Waals surface area contributed by atoms with Crippen LogP contribution in [0.2, 0.25) is 0 Å². The Morgan fingerprint density at radius 1 is 1.21 bits per heavy atom. The second-order valence-corrected chi connectivity index (χ2v) is 6.51. The van der Waals surface area contributed by atoms with Crippen molar-refractivity contribution < 1.29 is 9.53 Å². The van der Waals surface area contributed by atoms with Gasteiger partial charge in [0.1, 0.15) is 5.82 Å². The van der Waals surface area contributed by atoms with Crippen LogP contribution in [0.1, 0.15) is 32.3 Å². The number of esters is 1. The molecule has 2 heterocycles. The summed E-state index contributed by atoms with van der Waals surface area (Å²) in [5.41, 5.74) is 2.98. The Morgan fingerprint density at radius 3 is 2.82 bits per heavy atom. The molecule has 0 aliphatic rings. The van der Waals surface area contributed by atoms with Crippen LogP contribution in [0.25, 0.3) is 16.6 Å². The fraction of sp³-hybridized carbons (Fsp3) is 0.381. The molecule has 0 saturated heterocycles. The van der Waals surface area contributed by atoms with Crippen LogP contribution in [-0.2, 0) is 16.0 Å². The first-order valence-electron chi connectivity index (χ1n) is 9.70. The number of hydrogen-bond acceptors (Lipinski definition) is 6. The number of carbonyl (C=O) groups is 1. The highest BCUT2D eigenvalue weighted by molar-refractivity contribution is 5.91. The number of nitrogens with zero attached hydrogens (tertiary/aromatic N) is 3. The quantitative estimate of drug-likeness (QED) is 0.549. The summed E-state index contributed by atoms with van der Waals surface area (Å²) in [5, 5.41) is 7.39. The van der Waals surface area contributed by atoms with Crippen LogP contribution in [0.4, 0.5) is 11.8 Å². The summed E-state index contributed by atoms with van der Waals surface area (Å²) in [6, 6.07) is 8.16. The number of rotatable bonds is 9. The SMILES string of the molecule is CCCNc1nc(NC)nc2cc(-n3ccc(CCC(=O)OCC)c3)ccc12. The van der Waals surface area contributed by atoms with E-state index in [0.717, 1.165) is 40.9 Å². The van der Waals surface area contributed by atoms with Crippen molar-refractivity contribution in [1.29, 1.82) is 0 Å². The molecule has 3 rings (SSSR count). The maximum absolute atomic E-state index is 11.6. The van der Waals surface area contributed by atoms with Gasteiger partial charge in [0.15, 0.2) is 0 Å². The minimum atomic E-state index is -0.163. The Morgan fingerprint density at radius 2 is 2.07 bits per heavy atom. The second kappa shape index (κ2) is 9.21. The van der Waals surface area contributed by atoms with Gasteiger partial charge < -0.3 is 19.9 Å². The Hall–Kier alpha value is -3.09. The zero-order valence-electron chi connectivity index (χ0n) is 16.7. The summed E-state index contributed by atoms with van der Waals surface area (Å²) in [5.74, 6) is 1.26. The van der Waals surface area contributed by atoms with E-state index in [1.165, 1.54) is 0 Å². The van der Waals surface area contributed by atoms with Crippen LogP contribution in [0.3, 0.4) is 0 Å². The second-order valence-electron chi connectivity index (χ2n) is 6.51. The monoisotopic (exact) mass is 381 g/mol. The first-order chi connectivity index (χ1) is 13.6. The average Bonchev–Trinajstić information content (AvgIpc) is 3.19. The van der Waals surface area contributed by atoms with Gasteiger partial charge in [-0.25, -0.2) is 4.98 Å². The molecule has 0 atom stereocenters. The number of anilines is 2. The third-order valence-corrected chi connectivity index (χ3v) is 4.42. The molecule has 2 aromatic heterocycles. The third-order valence-electron chi connectivity index (χ3n) is 4.42. The number of hydrogen-bond donors (Lipinski definition) is 2. The summed E-state index contributed by atoms with van der Waals surface area (Å²) in [7, 11) is 1.82. The number of aryl methyl sites for hydroxylation is 1.